The number of fused-ring (bicyclic) bond motifs is 1. The fourth-order valence-electron chi connectivity index (χ4n) is 2.74. The van der Waals surface area contributed by atoms with Crippen LogP contribution in [-0.4, -0.2) is 13.4 Å². The highest BCUT2D eigenvalue weighted by molar-refractivity contribution is 7.87. The van der Waals surface area contributed by atoms with Gasteiger partial charge >= 0.3 is 10.1 Å². The molecule has 0 bridgehead atoms. The highest BCUT2D eigenvalue weighted by Crippen LogP contribution is 2.36. The third-order valence-electron chi connectivity index (χ3n) is 4.08. The summed E-state index contributed by atoms with van der Waals surface area (Å²) in [6, 6.07) is 14.1. The monoisotopic (exact) mass is 467 g/mol. The Bertz CT molecular complexity index is 1350. The Hall–Kier alpha value is -2.25. The van der Waals surface area contributed by atoms with Crippen molar-refractivity contribution in [1.29, 1.82) is 0 Å². The van der Waals surface area contributed by atoms with Crippen LogP contribution in [0.2, 0.25) is 15.1 Å². The molecular weight excluding hydrogens is 457 g/mol. The van der Waals surface area contributed by atoms with Crippen molar-refractivity contribution in [2.45, 2.75) is 11.8 Å². The zero-order chi connectivity index (χ0) is 20.8. The second-order valence-electron chi connectivity index (χ2n) is 6.24. The van der Waals surface area contributed by atoms with Gasteiger partial charge in [-0.3, -0.25) is 0 Å². The zero-order valence-electron chi connectivity index (χ0n) is 14.8. The molecule has 0 atom stereocenters. The summed E-state index contributed by atoms with van der Waals surface area (Å²) in [4.78, 5) is 4.22. The predicted molar refractivity (Wildman–Crippen MR) is 113 cm³/mol. The van der Waals surface area contributed by atoms with Crippen molar-refractivity contribution in [3.8, 4) is 17.2 Å². The summed E-state index contributed by atoms with van der Waals surface area (Å²) in [5.41, 5.74) is 2.56. The van der Waals surface area contributed by atoms with E-state index in [0.29, 0.717) is 21.7 Å². The summed E-state index contributed by atoms with van der Waals surface area (Å²) < 4.78 is 36.7. The summed E-state index contributed by atoms with van der Waals surface area (Å²) in [5, 5.41) is 0.533. The van der Waals surface area contributed by atoms with E-state index in [0.717, 1.165) is 5.56 Å². The fraction of sp³-hybridized carbons (Fsp3) is 0.0500. The molecule has 148 valence electrons. The third-order valence-corrected chi connectivity index (χ3v) is 6.27. The number of aromatic nitrogens is 1. The highest BCUT2D eigenvalue weighted by Gasteiger charge is 2.24. The van der Waals surface area contributed by atoms with E-state index in [2.05, 4.69) is 4.98 Å². The first-order valence-electron chi connectivity index (χ1n) is 8.29. The molecule has 1 heterocycles. The van der Waals surface area contributed by atoms with Gasteiger partial charge < -0.3 is 8.60 Å². The van der Waals surface area contributed by atoms with Crippen LogP contribution in [0.5, 0.6) is 5.75 Å². The first-order chi connectivity index (χ1) is 13.7. The van der Waals surface area contributed by atoms with Gasteiger partial charge in [-0.05, 0) is 55.0 Å². The van der Waals surface area contributed by atoms with Gasteiger partial charge in [-0.2, -0.15) is 8.42 Å². The molecule has 0 spiro atoms. The Balaban J connectivity index is 1.80. The number of rotatable bonds is 4. The van der Waals surface area contributed by atoms with E-state index in [1.54, 1.807) is 18.2 Å². The maximum Gasteiger partial charge on any atom is 0.340 e. The molecule has 0 unspecified atom stereocenters. The van der Waals surface area contributed by atoms with E-state index in [1.807, 2.05) is 19.1 Å². The van der Waals surface area contributed by atoms with Crippen LogP contribution in [0.15, 0.2) is 63.9 Å². The van der Waals surface area contributed by atoms with Crippen molar-refractivity contribution >= 4 is 56.0 Å². The summed E-state index contributed by atoms with van der Waals surface area (Å²) in [6.07, 6.45) is 0. The standard InChI is InChI=1S/C20H12Cl3NO4S/c1-11-2-6-17-16(8-11)24-20(27-17)14-5-3-13(22)10-18(14)28-29(25,26)19-7-4-12(21)9-15(19)23/h2-10H,1H3. The molecule has 4 aromatic rings. The molecule has 0 amide bonds. The minimum absolute atomic E-state index is 0.0354. The first kappa shape index (κ1) is 20.0. The molecular formula is C20H12Cl3NO4S. The topological polar surface area (TPSA) is 69.4 Å². The second kappa shape index (κ2) is 7.54. The number of aryl methyl sites for hydroxylation is 1. The first-order valence-corrected chi connectivity index (χ1v) is 10.8. The van der Waals surface area contributed by atoms with E-state index >= 15 is 0 Å². The van der Waals surface area contributed by atoms with Crippen LogP contribution in [-0.2, 0) is 10.1 Å². The lowest BCUT2D eigenvalue weighted by molar-refractivity contribution is 0.485. The maximum absolute atomic E-state index is 12.8. The van der Waals surface area contributed by atoms with Crippen LogP contribution in [0.3, 0.4) is 0 Å². The molecule has 0 radical (unpaired) electrons. The van der Waals surface area contributed by atoms with Crippen molar-refractivity contribution in [1.82, 2.24) is 4.98 Å². The Morgan fingerprint density at radius 2 is 1.66 bits per heavy atom. The van der Waals surface area contributed by atoms with Crippen LogP contribution < -0.4 is 4.18 Å². The molecule has 0 N–H and O–H groups in total. The third kappa shape index (κ3) is 4.07. The lowest BCUT2D eigenvalue weighted by atomic mass is 10.2. The van der Waals surface area contributed by atoms with E-state index < -0.39 is 10.1 Å². The van der Waals surface area contributed by atoms with Crippen molar-refractivity contribution < 1.29 is 17.0 Å². The SMILES string of the molecule is Cc1ccc2oc(-c3ccc(Cl)cc3OS(=O)(=O)c3ccc(Cl)cc3Cl)nc2c1. The van der Waals surface area contributed by atoms with Gasteiger partial charge in [-0.25, -0.2) is 4.98 Å². The smallest absolute Gasteiger partial charge is 0.340 e. The number of hydrogen-bond donors (Lipinski definition) is 0. The zero-order valence-corrected chi connectivity index (χ0v) is 17.9. The van der Waals surface area contributed by atoms with E-state index in [9.17, 15) is 8.42 Å². The van der Waals surface area contributed by atoms with Crippen molar-refractivity contribution in [2.75, 3.05) is 0 Å². The van der Waals surface area contributed by atoms with Gasteiger partial charge in [0.15, 0.2) is 11.3 Å². The molecule has 0 fully saturated rings. The van der Waals surface area contributed by atoms with Gasteiger partial charge in [0.2, 0.25) is 5.89 Å². The lowest BCUT2D eigenvalue weighted by Crippen LogP contribution is -2.11. The molecule has 0 aliphatic carbocycles. The molecule has 0 saturated heterocycles. The van der Waals surface area contributed by atoms with Crippen molar-refractivity contribution in [3.63, 3.8) is 0 Å². The van der Waals surface area contributed by atoms with Crippen LogP contribution in [0, 0.1) is 6.92 Å². The van der Waals surface area contributed by atoms with Gasteiger partial charge in [-0.1, -0.05) is 40.9 Å². The van der Waals surface area contributed by atoms with Crippen LogP contribution >= 0.6 is 34.8 Å². The molecule has 3 aromatic carbocycles. The molecule has 29 heavy (non-hydrogen) atoms. The Morgan fingerprint density at radius 1 is 0.931 bits per heavy atom. The van der Waals surface area contributed by atoms with Gasteiger partial charge in [0.1, 0.15) is 10.4 Å². The van der Waals surface area contributed by atoms with Gasteiger partial charge in [0, 0.05) is 16.1 Å². The van der Waals surface area contributed by atoms with Crippen molar-refractivity contribution in [2.24, 2.45) is 0 Å². The normalized spacial score (nSPS) is 11.7. The average Bonchev–Trinajstić information content (AvgIpc) is 3.03. The van der Waals surface area contributed by atoms with Crippen LogP contribution in [0.25, 0.3) is 22.6 Å². The minimum atomic E-state index is -4.26. The largest absolute Gasteiger partial charge is 0.436 e. The summed E-state index contributed by atoms with van der Waals surface area (Å²) in [6.45, 7) is 1.94. The van der Waals surface area contributed by atoms with Gasteiger partial charge in [-0.15, -0.1) is 0 Å². The molecule has 4 rings (SSSR count). The van der Waals surface area contributed by atoms with Crippen molar-refractivity contribution in [3.05, 3.63) is 75.2 Å². The van der Waals surface area contributed by atoms with Gasteiger partial charge in [0.25, 0.3) is 0 Å². The quantitative estimate of drug-likeness (QED) is 0.318. The molecule has 0 saturated carbocycles. The highest BCUT2D eigenvalue weighted by atomic mass is 35.5. The number of halogens is 3. The van der Waals surface area contributed by atoms with Crippen LogP contribution in [0.4, 0.5) is 0 Å². The Labute approximate surface area is 181 Å². The predicted octanol–water partition coefficient (Wildman–Crippen LogP) is 6.53. The van der Waals surface area contributed by atoms with E-state index in [-0.39, 0.29) is 26.6 Å². The summed E-state index contributed by atoms with van der Waals surface area (Å²) in [7, 11) is -4.26. The number of nitrogens with zero attached hydrogens (tertiary/aromatic N) is 1. The Morgan fingerprint density at radius 3 is 2.41 bits per heavy atom. The average molecular weight is 469 g/mol. The molecule has 0 aliphatic rings. The molecule has 9 heteroatoms. The molecule has 0 aliphatic heterocycles. The van der Waals surface area contributed by atoms with E-state index in [1.165, 1.54) is 24.3 Å². The Kier molecular flexibility index (Phi) is 5.21. The fourth-order valence-corrected chi connectivity index (χ4v) is 4.59. The van der Waals surface area contributed by atoms with E-state index in [4.69, 9.17) is 43.4 Å². The second-order valence-corrected chi connectivity index (χ2v) is 9.04. The number of benzene rings is 3. The molecule has 1 aromatic heterocycles. The van der Waals surface area contributed by atoms with Gasteiger partial charge in [0.05, 0.1) is 10.6 Å². The maximum atomic E-state index is 12.8. The number of oxazole rings is 1. The summed E-state index contributed by atoms with van der Waals surface area (Å²) in [5.74, 6) is 0.168. The lowest BCUT2D eigenvalue weighted by Gasteiger charge is -2.11. The van der Waals surface area contributed by atoms with Crippen LogP contribution in [0.1, 0.15) is 5.56 Å². The summed E-state index contributed by atoms with van der Waals surface area (Å²) >= 11 is 17.9. The minimum Gasteiger partial charge on any atom is -0.436 e. The molecule has 5 nitrogen and oxygen atoms in total. The number of hydrogen-bond acceptors (Lipinski definition) is 5.